The number of aromatic nitrogens is 1. The van der Waals surface area contributed by atoms with E-state index in [2.05, 4.69) is 51.8 Å². The van der Waals surface area contributed by atoms with Gasteiger partial charge in [-0.05, 0) is 48.6 Å². The zero-order valence-electron chi connectivity index (χ0n) is 20.0. The molecule has 32 heavy (non-hydrogen) atoms. The smallest absolute Gasteiger partial charge is 0.242 e. The highest BCUT2D eigenvalue weighted by atomic mass is 79.9. The lowest BCUT2D eigenvalue weighted by Crippen LogP contribution is -2.43. The quantitative estimate of drug-likeness (QED) is 0.351. The van der Waals surface area contributed by atoms with Crippen LogP contribution in [0.15, 0.2) is 47.1 Å². The summed E-state index contributed by atoms with van der Waals surface area (Å²) in [5.41, 5.74) is 2.32. The molecule has 2 amide bonds. The van der Waals surface area contributed by atoms with E-state index < -0.39 is 0 Å². The van der Waals surface area contributed by atoms with Crippen molar-refractivity contribution in [3.8, 4) is 0 Å². The van der Waals surface area contributed by atoms with Crippen molar-refractivity contribution in [2.24, 2.45) is 5.92 Å². The minimum atomic E-state index is 0.0281. The van der Waals surface area contributed by atoms with Crippen LogP contribution >= 0.6 is 15.9 Å². The molecule has 6 heteroatoms. The lowest BCUT2D eigenvalue weighted by molar-refractivity contribution is -0.141. The average Bonchev–Trinajstić information content (AvgIpc) is 3.18. The van der Waals surface area contributed by atoms with Crippen LogP contribution < -0.4 is 0 Å². The second kappa shape index (κ2) is 13.5. The van der Waals surface area contributed by atoms with Crippen LogP contribution in [0.1, 0.15) is 64.6 Å². The van der Waals surface area contributed by atoms with Crippen molar-refractivity contribution in [2.45, 2.75) is 66.5 Å². The van der Waals surface area contributed by atoms with Gasteiger partial charge in [0.1, 0.15) is 0 Å². The first-order valence-corrected chi connectivity index (χ1v) is 12.6. The van der Waals surface area contributed by atoms with Crippen molar-refractivity contribution in [1.29, 1.82) is 0 Å². The van der Waals surface area contributed by atoms with Gasteiger partial charge in [-0.3, -0.25) is 9.59 Å². The lowest BCUT2D eigenvalue weighted by Gasteiger charge is -2.28. The maximum absolute atomic E-state index is 13.3. The minimum Gasteiger partial charge on any atom is -0.345 e. The zero-order valence-corrected chi connectivity index (χ0v) is 21.6. The summed E-state index contributed by atoms with van der Waals surface area (Å²) < 4.78 is 3.26. The van der Waals surface area contributed by atoms with Gasteiger partial charge in [0.25, 0.3) is 0 Å². The van der Waals surface area contributed by atoms with Gasteiger partial charge in [-0.1, -0.05) is 62.2 Å². The molecule has 2 aromatic rings. The number of hydrogen-bond acceptors (Lipinski definition) is 2. The summed E-state index contributed by atoms with van der Waals surface area (Å²) in [6.07, 6.45) is 5.37. The molecule has 0 bridgehead atoms. The van der Waals surface area contributed by atoms with Crippen molar-refractivity contribution in [2.75, 3.05) is 19.6 Å². The van der Waals surface area contributed by atoms with Crippen LogP contribution in [-0.2, 0) is 22.7 Å². The summed E-state index contributed by atoms with van der Waals surface area (Å²) in [7, 11) is 0. The normalized spacial score (nSPS) is 11.1. The third-order valence-electron chi connectivity index (χ3n) is 5.43. The number of amides is 2. The first-order valence-electron chi connectivity index (χ1n) is 11.8. The van der Waals surface area contributed by atoms with E-state index >= 15 is 0 Å². The number of halogens is 1. The van der Waals surface area contributed by atoms with E-state index in [9.17, 15) is 9.59 Å². The van der Waals surface area contributed by atoms with Gasteiger partial charge in [0.15, 0.2) is 0 Å². The van der Waals surface area contributed by atoms with E-state index in [4.69, 9.17) is 0 Å². The molecular formula is C26H38BrN3O2. The van der Waals surface area contributed by atoms with E-state index in [-0.39, 0.29) is 24.3 Å². The van der Waals surface area contributed by atoms with Crippen LogP contribution in [-0.4, -0.2) is 45.8 Å². The van der Waals surface area contributed by atoms with Crippen molar-refractivity contribution in [3.63, 3.8) is 0 Å². The van der Waals surface area contributed by atoms with E-state index in [1.54, 1.807) is 4.90 Å². The summed E-state index contributed by atoms with van der Waals surface area (Å²) in [5, 5.41) is 0. The SMILES string of the molecule is CCCCN(Cc1cccn1Cc1ccc(Br)cc1)C(=O)CN(CCC)C(=O)CC(C)C. The molecule has 0 spiro atoms. The van der Waals surface area contributed by atoms with Crippen LogP contribution in [0.5, 0.6) is 0 Å². The Hall–Kier alpha value is -2.08. The summed E-state index contributed by atoms with van der Waals surface area (Å²) >= 11 is 3.49. The second-order valence-electron chi connectivity index (χ2n) is 8.84. The molecule has 0 aliphatic heterocycles. The zero-order chi connectivity index (χ0) is 23.5. The Morgan fingerprint density at radius 1 is 0.969 bits per heavy atom. The Bertz CT molecular complexity index is 845. The molecule has 0 unspecified atom stereocenters. The van der Waals surface area contributed by atoms with Crippen LogP contribution in [0.25, 0.3) is 0 Å². The van der Waals surface area contributed by atoms with Crippen molar-refractivity contribution >= 4 is 27.7 Å². The van der Waals surface area contributed by atoms with Crippen molar-refractivity contribution < 1.29 is 9.59 Å². The monoisotopic (exact) mass is 503 g/mol. The highest BCUT2D eigenvalue weighted by Gasteiger charge is 2.22. The summed E-state index contributed by atoms with van der Waals surface area (Å²) in [6, 6.07) is 12.4. The number of unbranched alkanes of at least 4 members (excludes halogenated alkanes) is 1. The molecule has 2 rings (SSSR count). The second-order valence-corrected chi connectivity index (χ2v) is 9.75. The predicted octanol–water partition coefficient (Wildman–Crippen LogP) is 5.71. The molecule has 1 heterocycles. The third kappa shape index (κ3) is 8.45. The Labute approximate surface area is 201 Å². The minimum absolute atomic E-state index is 0.0281. The van der Waals surface area contributed by atoms with Crippen molar-refractivity contribution in [3.05, 3.63) is 58.3 Å². The molecule has 1 aromatic heterocycles. The van der Waals surface area contributed by atoms with Gasteiger partial charge < -0.3 is 14.4 Å². The number of rotatable bonds is 13. The van der Waals surface area contributed by atoms with Crippen LogP contribution in [0, 0.1) is 5.92 Å². The third-order valence-corrected chi connectivity index (χ3v) is 5.96. The molecule has 176 valence electrons. The lowest BCUT2D eigenvalue weighted by atomic mass is 10.1. The fourth-order valence-electron chi connectivity index (χ4n) is 3.67. The average molecular weight is 505 g/mol. The topological polar surface area (TPSA) is 45.6 Å². The predicted molar refractivity (Wildman–Crippen MR) is 134 cm³/mol. The number of carbonyl (C=O) groups is 2. The largest absolute Gasteiger partial charge is 0.345 e. The fraction of sp³-hybridized carbons (Fsp3) is 0.538. The summed E-state index contributed by atoms with van der Waals surface area (Å²) in [4.78, 5) is 29.6. The van der Waals surface area contributed by atoms with E-state index in [1.165, 1.54) is 5.56 Å². The molecule has 0 fully saturated rings. The van der Waals surface area contributed by atoms with Crippen LogP contribution in [0.3, 0.4) is 0 Å². The van der Waals surface area contributed by atoms with Gasteiger partial charge in [-0.25, -0.2) is 0 Å². The first kappa shape index (κ1) is 26.2. The Morgan fingerprint density at radius 3 is 2.31 bits per heavy atom. The van der Waals surface area contributed by atoms with E-state index in [0.29, 0.717) is 26.1 Å². The number of carbonyl (C=O) groups excluding carboxylic acids is 2. The molecule has 5 nitrogen and oxygen atoms in total. The first-order chi connectivity index (χ1) is 15.3. The van der Waals surface area contributed by atoms with Gasteiger partial charge in [0.2, 0.25) is 11.8 Å². The standard InChI is InChI=1S/C26H38BrN3O2/c1-5-7-15-30(26(32)20-29(14-6-2)25(31)17-21(3)4)19-24-9-8-16-28(24)18-22-10-12-23(27)13-11-22/h8-13,16,21H,5-7,14-15,17-20H2,1-4H3. The Kier molecular flexibility index (Phi) is 11.0. The van der Waals surface area contributed by atoms with Gasteiger partial charge in [-0.2, -0.15) is 0 Å². The highest BCUT2D eigenvalue weighted by Crippen LogP contribution is 2.15. The molecule has 0 aliphatic carbocycles. The summed E-state index contributed by atoms with van der Waals surface area (Å²) in [6.45, 7) is 11.1. The fourth-order valence-corrected chi connectivity index (χ4v) is 3.94. The number of hydrogen-bond donors (Lipinski definition) is 0. The van der Waals surface area contributed by atoms with Gasteiger partial charge in [0, 0.05) is 42.4 Å². The van der Waals surface area contributed by atoms with E-state index in [0.717, 1.165) is 36.0 Å². The maximum Gasteiger partial charge on any atom is 0.242 e. The Morgan fingerprint density at radius 2 is 1.69 bits per heavy atom. The van der Waals surface area contributed by atoms with Gasteiger partial charge >= 0.3 is 0 Å². The Balaban J connectivity index is 2.12. The molecule has 1 aromatic carbocycles. The molecular weight excluding hydrogens is 466 g/mol. The van der Waals surface area contributed by atoms with Crippen molar-refractivity contribution in [1.82, 2.24) is 14.4 Å². The van der Waals surface area contributed by atoms with Crippen LogP contribution in [0.4, 0.5) is 0 Å². The molecule has 0 atom stereocenters. The molecule has 0 saturated heterocycles. The van der Waals surface area contributed by atoms with Gasteiger partial charge in [-0.15, -0.1) is 0 Å². The highest BCUT2D eigenvalue weighted by molar-refractivity contribution is 9.10. The van der Waals surface area contributed by atoms with E-state index in [1.807, 2.05) is 43.9 Å². The molecule has 0 saturated carbocycles. The van der Waals surface area contributed by atoms with Crippen LogP contribution in [0.2, 0.25) is 0 Å². The molecule has 0 N–H and O–H groups in total. The van der Waals surface area contributed by atoms with Gasteiger partial charge in [0.05, 0.1) is 13.1 Å². The number of benzene rings is 1. The molecule has 0 aliphatic rings. The maximum atomic E-state index is 13.3. The summed E-state index contributed by atoms with van der Waals surface area (Å²) in [5.74, 6) is 0.389. The number of nitrogens with zero attached hydrogens (tertiary/aromatic N) is 3. The molecule has 0 radical (unpaired) electrons.